The van der Waals surface area contributed by atoms with E-state index in [0.29, 0.717) is 11.8 Å². The van der Waals surface area contributed by atoms with Gasteiger partial charge in [-0.3, -0.25) is 0 Å². The van der Waals surface area contributed by atoms with Gasteiger partial charge in [0.1, 0.15) is 0 Å². The van der Waals surface area contributed by atoms with Gasteiger partial charge in [-0.15, -0.1) is 0 Å². The number of fused-ring (bicyclic) bond motifs is 1. The monoisotopic (exact) mass is 326 g/mol. The molecule has 1 aliphatic heterocycles. The molecule has 2 heteroatoms. The van der Waals surface area contributed by atoms with Crippen molar-refractivity contribution >= 4 is 15.9 Å². The molecule has 0 bridgehead atoms. The number of halogens is 1. The van der Waals surface area contributed by atoms with E-state index in [-0.39, 0.29) is 5.41 Å². The highest BCUT2D eigenvalue weighted by molar-refractivity contribution is 9.10. The van der Waals surface area contributed by atoms with Crippen LogP contribution in [0.5, 0.6) is 0 Å². The fourth-order valence-electron chi connectivity index (χ4n) is 3.68. The van der Waals surface area contributed by atoms with Crippen molar-refractivity contribution in [1.82, 2.24) is 0 Å². The molecule has 1 nitrogen and oxygen atoms in total. The number of ether oxygens (including phenoxy) is 1. The fourth-order valence-corrected chi connectivity index (χ4v) is 4.08. The first-order valence-corrected chi connectivity index (χ1v) is 7.72. The summed E-state index contributed by atoms with van der Waals surface area (Å²) in [5, 5.41) is 0. The van der Waals surface area contributed by atoms with Gasteiger partial charge in [-0.2, -0.15) is 0 Å². The highest BCUT2D eigenvalue weighted by Gasteiger charge is 2.65. The zero-order valence-electron chi connectivity index (χ0n) is 11.0. The van der Waals surface area contributed by atoms with Crippen molar-refractivity contribution in [1.29, 1.82) is 0 Å². The average molecular weight is 327 g/mol. The number of hydrogen-bond donors (Lipinski definition) is 0. The lowest BCUT2D eigenvalue weighted by molar-refractivity contribution is 0.212. The Kier molecular flexibility index (Phi) is 2.74. The second-order valence-corrected chi connectivity index (χ2v) is 6.49. The van der Waals surface area contributed by atoms with E-state index in [1.807, 2.05) is 6.26 Å². The summed E-state index contributed by atoms with van der Waals surface area (Å²) in [6, 6.07) is 19.5. The molecule has 0 saturated heterocycles. The highest BCUT2D eigenvalue weighted by Crippen LogP contribution is 2.67. The molecule has 1 fully saturated rings. The second kappa shape index (κ2) is 4.49. The van der Waals surface area contributed by atoms with Crippen LogP contribution in [-0.4, -0.2) is 6.61 Å². The van der Waals surface area contributed by atoms with E-state index in [0.717, 1.165) is 11.1 Å². The standard InChI is InChI=1S/C18H15BrO/c19-15-8-4-7-14(11-15)18-9-10-20-12-16(18)17(18)13-5-2-1-3-6-13/h1-11,16-17H,12H2/t16-,17-,18+/m0/s1. The number of allylic oxidation sites excluding steroid dienone is 1. The van der Waals surface area contributed by atoms with Crippen molar-refractivity contribution in [2.45, 2.75) is 11.3 Å². The predicted molar refractivity (Wildman–Crippen MR) is 83.6 cm³/mol. The molecular weight excluding hydrogens is 312 g/mol. The smallest absolute Gasteiger partial charge is 0.0919 e. The molecule has 100 valence electrons. The summed E-state index contributed by atoms with van der Waals surface area (Å²) in [6.45, 7) is 0.808. The normalized spacial score (nSPS) is 30.4. The Morgan fingerprint density at radius 1 is 1.05 bits per heavy atom. The zero-order valence-corrected chi connectivity index (χ0v) is 12.6. The van der Waals surface area contributed by atoms with Crippen molar-refractivity contribution in [2.75, 3.05) is 6.61 Å². The van der Waals surface area contributed by atoms with E-state index in [4.69, 9.17) is 4.74 Å². The predicted octanol–water partition coefficient (Wildman–Crippen LogP) is 4.64. The van der Waals surface area contributed by atoms with Crippen molar-refractivity contribution in [2.24, 2.45) is 5.92 Å². The Balaban J connectivity index is 1.82. The van der Waals surface area contributed by atoms with Crippen LogP contribution >= 0.6 is 15.9 Å². The Morgan fingerprint density at radius 2 is 1.90 bits per heavy atom. The maximum atomic E-state index is 5.56. The molecule has 0 aromatic heterocycles. The summed E-state index contributed by atoms with van der Waals surface area (Å²) in [4.78, 5) is 0. The fraction of sp³-hybridized carbons (Fsp3) is 0.222. The minimum absolute atomic E-state index is 0.114. The van der Waals surface area contributed by atoms with Crippen LogP contribution in [0.15, 0.2) is 71.4 Å². The lowest BCUT2D eigenvalue weighted by Gasteiger charge is -2.18. The van der Waals surface area contributed by atoms with Gasteiger partial charge in [-0.1, -0.05) is 58.4 Å². The van der Waals surface area contributed by atoms with Crippen molar-refractivity contribution in [3.05, 3.63) is 82.5 Å². The second-order valence-electron chi connectivity index (χ2n) is 5.57. The molecule has 4 rings (SSSR count). The van der Waals surface area contributed by atoms with Crippen LogP contribution in [0.4, 0.5) is 0 Å². The summed E-state index contributed by atoms with van der Waals surface area (Å²) in [6.07, 6.45) is 4.13. The third kappa shape index (κ3) is 1.68. The highest BCUT2D eigenvalue weighted by atomic mass is 79.9. The molecule has 0 spiro atoms. The van der Waals surface area contributed by atoms with Gasteiger partial charge in [0.2, 0.25) is 0 Å². The summed E-state index contributed by atoms with van der Waals surface area (Å²) in [5.41, 5.74) is 2.90. The maximum absolute atomic E-state index is 5.56. The molecule has 1 heterocycles. The number of hydrogen-bond acceptors (Lipinski definition) is 1. The van der Waals surface area contributed by atoms with Gasteiger partial charge in [0.15, 0.2) is 0 Å². The minimum Gasteiger partial charge on any atom is -0.501 e. The van der Waals surface area contributed by atoms with Gasteiger partial charge < -0.3 is 4.74 Å². The lowest BCUT2D eigenvalue weighted by atomic mass is 9.89. The molecule has 0 N–H and O–H groups in total. The summed E-state index contributed by atoms with van der Waals surface area (Å²) in [7, 11) is 0. The van der Waals surface area contributed by atoms with Crippen molar-refractivity contribution in [3.8, 4) is 0 Å². The molecule has 0 amide bonds. The third-order valence-corrected chi connectivity index (χ3v) is 5.11. The molecule has 0 radical (unpaired) electrons. The molecule has 2 aliphatic rings. The topological polar surface area (TPSA) is 9.23 Å². The van der Waals surface area contributed by atoms with E-state index >= 15 is 0 Å². The lowest BCUT2D eigenvalue weighted by Crippen LogP contribution is -2.13. The first kappa shape index (κ1) is 12.2. The molecule has 3 atom stereocenters. The van der Waals surface area contributed by atoms with E-state index in [2.05, 4.69) is 76.6 Å². The van der Waals surface area contributed by atoms with E-state index in [9.17, 15) is 0 Å². The Morgan fingerprint density at radius 3 is 2.70 bits per heavy atom. The zero-order chi connectivity index (χ0) is 13.6. The van der Waals surface area contributed by atoms with Crippen LogP contribution in [0.25, 0.3) is 0 Å². The minimum atomic E-state index is 0.114. The Labute approximate surface area is 127 Å². The van der Waals surface area contributed by atoms with Crippen LogP contribution in [0.2, 0.25) is 0 Å². The molecular formula is C18H15BrO. The molecule has 20 heavy (non-hydrogen) atoms. The van der Waals surface area contributed by atoms with E-state index < -0.39 is 0 Å². The molecule has 0 unspecified atom stereocenters. The van der Waals surface area contributed by atoms with Gasteiger partial charge >= 0.3 is 0 Å². The quantitative estimate of drug-likeness (QED) is 0.780. The van der Waals surface area contributed by atoms with Crippen LogP contribution in [0.1, 0.15) is 17.0 Å². The SMILES string of the molecule is Brc1cccc([C@]23C=COC[C@H]2[C@@H]3c2ccccc2)c1. The molecule has 1 aliphatic carbocycles. The van der Waals surface area contributed by atoms with Crippen LogP contribution in [0, 0.1) is 5.92 Å². The Bertz CT molecular complexity index is 664. The molecule has 2 aromatic rings. The maximum Gasteiger partial charge on any atom is 0.0919 e. The largest absolute Gasteiger partial charge is 0.501 e. The summed E-state index contributed by atoms with van der Waals surface area (Å²) in [5.74, 6) is 1.07. The summed E-state index contributed by atoms with van der Waals surface area (Å²) >= 11 is 3.59. The number of rotatable bonds is 2. The molecule has 2 aromatic carbocycles. The van der Waals surface area contributed by atoms with Crippen LogP contribution in [0.3, 0.4) is 0 Å². The van der Waals surface area contributed by atoms with Gasteiger partial charge in [0.05, 0.1) is 12.9 Å². The summed E-state index contributed by atoms with van der Waals surface area (Å²) < 4.78 is 6.70. The van der Waals surface area contributed by atoms with Gasteiger partial charge in [0.25, 0.3) is 0 Å². The van der Waals surface area contributed by atoms with Crippen LogP contribution in [-0.2, 0) is 10.2 Å². The van der Waals surface area contributed by atoms with E-state index in [1.54, 1.807) is 0 Å². The van der Waals surface area contributed by atoms with Gasteiger partial charge in [-0.25, -0.2) is 0 Å². The first-order valence-electron chi connectivity index (χ1n) is 6.93. The van der Waals surface area contributed by atoms with Gasteiger partial charge in [-0.05, 0) is 29.3 Å². The third-order valence-electron chi connectivity index (χ3n) is 4.62. The average Bonchev–Trinajstić information content (AvgIpc) is 3.18. The Hall–Kier alpha value is -1.54. The van der Waals surface area contributed by atoms with Crippen molar-refractivity contribution < 1.29 is 4.74 Å². The van der Waals surface area contributed by atoms with Crippen LogP contribution < -0.4 is 0 Å². The number of benzene rings is 2. The van der Waals surface area contributed by atoms with E-state index in [1.165, 1.54) is 11.1 Å². The first-order chi connectivity index (χ1) is 9.82. The van der Waals surface area contributed by atoms with Crippen molar-refractivity contribution in [3.63, 3.8) is 0 Å². The molecule has 1 saturated carbocycles. The van der Waals surface area contributed by atoms with Gasteiger partial charge in [0, 0.05) is 21.7 Å².